The van der Waals surface area contributed by atoms with Crippen molar-refractivity contribution in [2.75, 3.05) is 13.7 Å². The Morgan fingerprint density at radius 1 is 1.43 bits per heavy atom. The first-order chi connectivity index (χ1) is 9.88. The normalized spacial score (nSPS) is 10.6. The highest BCUT2D eigenvalue weighted by atomic mass is 16.6. The monoisotopic (exact) mass is 295 g/mol. The van der Waals surface area contributed by atoms with E-state index < -0.39 is 35.3 Å². The number of carbonyl (C=O) groups is 2. The summed E-state index contributed by atoms with van der Waals surface area (Å²) in [5.41, 5.74) is -0.946. The van der Waals surface area contributed by atoms with Crippen molar-refractivity contribution in [1.29, 1.82) is 0 Å². The number of nitrogens with zero attached hydrogens (tertiary/aromatic N) is 2. The molecule has 2 aromatic heterocycles. The maximum atomic E-state index is 12.2. The number of rotatable bonds is 4. The van der Waals surface area contributed by atoms with E-state index >= 15 is 0 Å². The first-order valence-electron chi connectivity index (χ1n) is 5.86. The average Bonchev–Trinajstić information content (AvgIpc) is 2.79. The van der Waals surface area contributed by atoms with Crippen LogP contribution in [0.5, 0.6) is 5.75 Å². The fourth-order valence-electron chi connectivity index (χ4n) is 2.03. The van der Waals surface area contributed by atoms with Gasteiger partial charge in [0.2, 0.25) is 0 Å². The molecule has 0 saturated carbocycles. The number of fused-ring (bicyclic) bond motifs is 1. The fourth-order valence-corrected chi connectivity index (χ4v) is 2.03. The van der Waals surface area contributed by atoms with Crippen LogP contribution >= 0.6 is 0 Å². The largest absolute Gasteiger partial charge is 0.505 e. The minimum Gasteiger partial charge on any atom is -0.505 e. The maximum absolute atomic E-state index is 12.2. The van der Waals surface area contributed by atoms with Crippen molar-refractivity contribution < 1.29 is 24.6 Å². The summed E-state index contributed by atoms with van der Waals surface area (Å²) in [6, 6.07) is 1.54. The van der Waals surface area contributed by atoms with Crippen LogP contribution in [0.25, 0.3) is 11.0 Å². The first-order valence-corrected chi connectivity index (χ1v) is 5.86. The molecule has 0 atom stereocenters. The van der Waals surface area contributed by atoms with Gasteiger partial charge in [-0.2, -0.15) is 0 Å². The molecular weight excluding hydrogens is 282 g/mol. The smallest absolute Gasteiger partial charge is 0.322 e. The van der Waals surface area contributed by atoms with Gasteiger partial charge in [0.1, 0.15) is 24.7 Å². The standard InChI is InChI=1S/C12H13N3O6/c1-14-4-3-6-9(14)10(18)8(12(20)15(6)21-2)11(19)13-5-7(16)17/h3-4,18H,5H2,1-2H3,(H,13,19)(H,16,17). The van der Waals surface area contributed by atoms with E-state index in [1.807, 2.05) is 5.32 Å². The van der Waals surface area contributed by atoms with Crippen molar-refractivity contribution in [3.05, 3.63) is 28.2 Å². The second kappa shape index (κ2) is 5.19. The summed E-state index contributed by atoms with van der Waals surface area (Å²) in [6.07, 6.45) is 1.58. The van der Waals surface area contributed by atoms with Crippen molar-refractivity contribution in [1.82, 2.24) is 14.6 Å². The third-order valence-electron chi connectivity index (χ3n) is 2.94. The number of carboxylic acids is 1. The second-order valence-electron chi connectivity index (χ2n) is 4.24. The van der Waals surface area contributed by atoms with Gasteiger partial charge in [0, 0.05) is 13.2 Å². The van der Waals surface area contributed by atoms with Crippen LogP contribution in [0.3, 0.4) is 0 Å². The molecule has 0 saturated heterocycles. The van der Waals surface area contributed by atoms with Gasteiger partial charge in [0.05, 0.1) is 0 Å². The Morgan fingerprint density at radius 3 is 2.67 bits per heavy atom. The average molecular weight is 295 g/mol. The van der Waals surface area contributed by atoms with Crippen molar-refractivity contribution in [2.45, 2.75) is 0 Å². The van der Waals surface area contributed by atoms with Crippen LogP contribution in [-0.2, 0) is 11.8 Å². The zero-order valence-corrected chi connectivity index (χ0v) is 11.3. The molecule has 0 radical (unpaired) electrons. The van der Waals surface area contributed by atoms with E-state index in [0.29, 0.717) is 0 Å². The highest BCUT2D eigenvalue weighted by Gasteiger charge is 2.24. The van der Waals surface area contributed by atoms with E-state index in [2.05, 4.69) is 0 Å². The molecule has 0 aliphatic rings. The number of aryl methyl sites for hydroxylation is 1. The van der Waals surface area contributed by atoms with Crippen molar-refractivity contribution in [3.63, 3.8) is 0 Å². The Bertz CT molecular complexity index is 788. The molecule has 9 heteroatoms. The third-order valence-corrected chi connectivity index (χ3v) is 2.94. The SMILES string of the molecule is COn1c(=O)c(C(=O)NCC(=O)O)c(O)c2c1ccn2C. The summed E-state index contributed by atoms with van der Waals surface area (Å²) in [7, 11) is 2.86. The van der Waals surface area contributed by atoms with Gasteiger partial charge >= 0.3 is 5.97 Å². The van der Waals surface area contributed by atoms with E-state index in [-0.39, 0.29) is 11.0 Å². The molecule has 0 aliphatic carbocycles. The molecule has 0 bridgehead atoms. The summed E-state index contributed by atoms with van der Waals surface area (Å²) < 4.78 is 2.36. The molecular formula is C12H13N3O6. The van der Waals surface area contributed by atoms with E-state index in [9.17, 15) is 19.5 Å². The van der Waals surface area contributed by atoms with Gasteiger partial charge < -0.3 is 24.9 Å². The molecule has 21 heavy (non-hydrogen) atoms. The minimum atomic E-state index is -1.27. The Labute approximate surface area is 117 Å². The third kappa shape index (κ3) is 2.29. The number of aliphatic carboxylic acids is 1. The van der Waals surface area contributed by atoms with E-state index in [4.69, 9.17) is 9.94 Å². The molecule has 112 valence electrons. The molecule has 0 aliphatic heterocycles. The maximum Gasteiger partial charge on any atom is 0.322 e. The van der Waals surface area contributed by atoms with E-state index in [0.717, 1.165) is 4.73 Å². The molecule has 0 spiro atoms. The van der Waals surface area contributed by atoms with Crippen LogP contribution < -0.4 is 15.7 Å². The number of pyridine rings is 1. The summed E-state index contributed by atoms with van der Waals surface area (Å²) in [6.45, 7) is -0.671. The first kappa shape index (κ1) is 14.4. The number of hydrogen-bond donors (Lipinski definition) is 3. The summed E-state index contributed by atoms with van der Waals surface area (Å²) in [4.78, 5) is 39.5. The Morgan fingerprint density at radius 2 is 2.10 bits per heavy atom. The predicted molar refractivity (Wildman–Crippen MR) is 71.3 cm³/mol. The number of nitrogens with one attached hydrogen (secondary N) is 1. The van der Waals surface area contributed by atoms with Crippen LogP contribution in [0.15, 0.2) is 17.1 Å². The number of aromatic nitrogens is 2. The van der Waals surface area contributed by atoms with Gasteiger partial charge in [-0.15, -0.1) is 4.73 Å². The van der Waals surface area contributed by atoms with Crippen molar-refractivity contribution in [2.24, 2.45) is 7.05 Å². The highest BCUT2D eigenvalue weighted by molar-refractivity contribution is 6.02. The molecule has 0 fully saturated rings. The number of carboxylic acid groups (broad SMARTS) is 1. The number of amides is 1. The summed E-state index contributed by atoms with van der Waals surface area (Å²) in [5.74, 6) is -2.79. The Hall–Kier alpha value is -2.97. The number of aromatic hydroxyl groups is 1. The Kier molecular flexibility index (Phi) is 3.57. The fraction of sp³-hybridized carbons (Fsp3) is 0.250. The van der Waals surface area contributed by atoms with Crippen LogP contribution in [0.1, 0.15) is 10.4 Å². The van der Waals surface area contributed by atoms with E-state index in [1.165, 1.54) is 11.7 Å². The van der Waals surface area contributed by atoms with Crippen LogP contribution in [0.4, 0.5) is 0 Å². The molecule has 0 unspecified atom stereocenters. The Balaban J connectivity index is 2.68. The molecule has 0 aromatic carbocycles. The summed E-state index contributed by atoms with van der Waals surface area (Å²) in [5, 5.41) is 20.7. The van der Waals surface area contributed by atoms with Gasteiger partial charge in [0.15, 0.2) is 11.3 Å². The quantitative estimate of drug-likeness (QED) is 0.659. The number of hydrogen-bond acceptors (Lipinski definition) is 5. The van der Waals surface area contributed by atoms with Crippen molar-refractivity contribution in [3.8, 4) is 5.75 Å². The molecule has 9 nitrogen and oxygen atoms in total. The van der Waals surface area contributed by atoms with Gasteiger partial charge in [-0.05, 0) is 6.07 Å². The van der Waals surface area contributed by atoms with Gasteiger partial charge in [-0.3, -0.25) is 14.4 Å². The topological polar surface area (TPSA) is 123 Å². The lowest BCUT2D eigenvalue weighted by Gasteiger charge is -2.11. The van der Waals surface area contributed by atoms with Crippen LogP contribution in [-0.4, -0.2) is 45.0 Å². The highest BCUT2D eigenvalue weighted by Crippen LogP contribution is 2.26. The summed E-state index contributed by atoms with van der Waals surface area (Å²) >= 11 is 0. The van der Waals surface area contributed by atoms with Gasteiger partial charge in [-0.25, -0.2) is 0 Å². The molecule has 2 heterocycles. The van der Waals surface area contributed by atoms with Crippen molar-refractivity contribution >= 4 is 22.9 Å². The van der Waals surface area contributed by atoms with Crippen LogP contribution in [0, 0.1) is 0 Å². The zero-order valence-electron chi connectivity index (χ0n) is 11.3. The lowest BCUT2D eigenvalue weighted by atomic mass is 10.2. The lowest BCUT2D eigenvalue weighted by molar-refractivity contribution is -0.135. The van der Waals surface area contributed by atoms with Crippen LogP contribution in [0.2, 0.25) is 0 Å². The minimum absolute atomic E-state index is 0.219. The molecule has 3 N–H and O–H groups in total. The lowest BCUT2D eigenvalue weighted by Crippen LogP contribution is -2.37. The second-order valence-corrected chi connectivity index (χ2v) is 4.24. The van der Waals surface area contributed by atoms with Gasteiger partial charge in [-0.1, -0.05) is 0 Å². The number of carbonyl (C=O) groups excluding carboxylic acids is 1. The molecule has 1 amide bonds. The molecule has 2 aromatic rings. The zero-order chi connectivity index (χ0) is 15.7. The van der Waals surface area contributed by atoms with E-state index in [1.54, 1.807) is 19.3 Å². The molecule has 2 rings (SSSR count). The van der Waals surface area contributed by atoms with Gasteiger partial charge in [0.25, 0.3) is 11.5 Å². The predicted octanol–water partition coefficient (Wildman–Crippen LogP) is -1.08.